The van der Waals surface area contributed by atoms with Crippen LogP contribution in [0.5, 0.6) is 0 Å². The number of hydrogen-bond acceptors (Lipinski definition) is 11. The van der Waals surface area contributed by atoms with Crippen molar-refractivity contribution in [1.29, 1.82) is 0 Å². The number of anilines is 1. The summed E-state index contributed by atoms with van der Waals surface area (Å²) < 4.78 is 20.0. The first-order valence-corrected chi connectivity index (χ1v) is 8.89. The molecule has 2 aromatic heterocycles. The lowest BCUT2D eigenvalue weighted by atomic mass is 10.1. The highest BCUT2D eigenvalue weighted by Gasteiger charge is 2.43. The Labute approximate surface area is 151 Å². The number of rotatable bonds is 3. The van der Waals surface area contributed by atoms with E-state index in [-0.39, 0.29) is 5.82 Å². The zero-order valence-electron chi connectivity index (χ0n) is 13.9. The number of nitrogen functional groups attached to an aromatic ring is 1. The number of aliphatic hydroxyl groups is 3. The van der Waals surface area contributed by atoms with Gasteiger partial charge in [-0.15, -0.1) is 0 Å². The lowest BCUT2D eigenvalue weighted by Crippen LogP contribution is -2.33. The number of carbonyl (C=O) groups is 1. The lowest BCUT2D eigenvalue weighted by Gasteiger charge is -2.16. The minimum Gasteiger partial charge on any atom is -0.394 e. The molecule has 1 fully saturated rings. The Morgan fingerprint density at radius 2 is 2.00 bits per heavy atom. The molecule has 0 radical (unpaired) electrons. The molecule has 2 aromatic rings. The summed E-state index contributed by atoms with van der Waals surface area (Å²) in [6.07, 6.45) is -1.42. The fourth-order valence-electron chi connectivity index (χ4n) is 2.33. The second kappa shape index (κ2) is 8.22. The SMILES string of the molecule is CC(=O)OP(=O)(O)O.Nc1ncnc2c1ncn2[C@@H]1O[C@H](CO)[C@@H](O)[C@H]1O. The first-order chi connectivity index (χ1) is 12.5. The van der Waals surface area contributed by atoms with Gasteiger partial charge in [0.2, 0.25) is 0 Å². The molecule has 0 aromatic carbocycles. The van der Waals surface area contributed by atoms with Crippen molar-refractivity contribution in [3.63, 3.8) is 0 Å². The fraction of sp³-hybridized carbons (Fsp3) is 0.500. The number of ether oxygens (including phenoxy) is 1. The van der Waals surface area contributed by atoms with E-state index in [4.69, 9.17) is 25.4 Å². The number of fused-ring (bicyclic) bond motifs is 1. The van der Waals surface area contributed by atoms with E-state index in [0.717, 1.165) is 6.92 Å². The van der Waals surface area contributed by atoms with Crippen molar-refractivity contribution in [3.8, 4) is 0 Å². The smallest absolute Gasteiger partial charge is 0.394 e. The number of hydrogen-bond donors (Lipinski definition) is 6. The van der Waals surface area contributed by atoms with Crippen LogP contribution in [0.25, 0.3) is 11.2 Å². The van der Waals surface area contributed by atoms with Gasteiger partial charge in [0.25, 0.3) is 0 Å². The van der Waals surface area contributed by atoms with Crippen molar-refractivity contribution in [2.24, 2.45) is 0 Å². The van der Waals surface area contributed by atoms with Crippen LogP contribution in [0.4, 0.5) is 5.82 Å². The van der Waals surface area contributed by atoms with Crippen LogP contribution >= 0.6 is 7.82 Å². The van der Waals surface area contributed by atoms with Crippen molar-refractivity contribution in [2.45, 2.75) is 31.5 Å². The molecule has 0 amide bonds. The Bertz CT molecular complexity index is 855. The highest BCUT2D eigenvalue weighted by molar-refractivity contribution is 7.46. The topological polar surface area (TPSA) is 223 Å². The molecule has 1 aliphatic rings. The van der Waals surface area contributed by atoms with Gasteiger partial charge in [-0.25, -0.2) is 19.5 Å². The van der Waals surface area contributed by atoms with E-state index in [1.165, 1.54) is 17.2 Å². The van der Waals surface area contributed by atoms with Gasteiger partial charge in [-0.05, 0) is 0 Å². The van der Waals surface area contributed by atoms with E-state index in [1.807, 2.05) is 0 Å². The lowest BCUT2D eigenvalue weighted by molar-refractivity contribution is -0.133. The highest BCUT2D eigenvalue weighted by Crippen LogP contribution is 2.35. The summed E-state index contributed by atoms with van der Waals surface area (Å²) in [5.41, 5.74) is 6.44. The van der Waals surface area contributed by atoms with E-state index in [0.29, 0.717) is 11.2 Å². The maximum absolute atomic E-state index is 9.95. The molecule has 7 N–H and O–H groups in total. The van der Waals surface area contributed by atoms with Gasteiger partial charge in [0.1, 0.15) is 30.2 Å². The average molecular weight is 407 g/mol. The Morgan fingerprint density at radius 1 is 1.33 bits per heavy atom. The summed E-state index contributed by atoms with van der Waals surface area (Å²) in [7, 11) is -4.57. The minimum atomic E-state index is -4.57. The molecule has 3 rings (SSSR count). The molecule has 1 aliphatic heterocycles. The number of aliphatic hydroxyl groups excluding tert-OH is 3. The maximum atomic E-state index is 9.95. The zero-order chi connectivity index (χ0) is 20.4. The summed E-state index contributed by atoms with van der Waals surface area (Å²) >= 11 is 0. The summed E-state index contributed by atoms with van der Waals surface area (Å²) in [4.78, 5) is 37.3. The molecule has 3 heterocycles. The first-order valence-electron chi connectivity index (χ1n) is 7.36. The number of carbonyl (C=O) groups excluding carboxylic acids is 1. The number of aromatic nitrogens is 4. The van der Waals surface area contributed by atoms with E-state index in [1.54, 1.807) is 0 Å². The van der Waals surface area contributed by atoms with Crippen LogP contribution in [-0.2, 0) is 18.6 Å². The molecule has 1 saturated heterocycles. The number of phosphoric ester groups is 1. The van der Waals surface area contributed by atoms with Crippen LogP contribution in [0.3, 0.4) is 0 Å². The van der Waals surface area contributed by atoms with Crippen LogP contribution < -0.4 is 5.73 Å². The molecule has 0 aliphatic carbocycles. The Balaban J connectivity index is 0.000000279. The third-order valence-corrected chi connectivity index (χ3v) is 3.92. The zero-order valence-corrected chi connectivity index (χ0v) is 14.7. The van der Waals surface area contributed by atoms with Gasteiger partial charge in [-0.3, -0.25) is 19.1 Å². The molecular formula is C12H18N5O9P. The van der Waals surface area contributed by atoms with Gasteiger partial charge in [-0.1, -0.05) is 0 Å². The molecule has 0 unspecified atom stereocenters. The Kier molecular flexibility index (Phi) is 6.43. The predicted molar refractivity (Wildman–Crippen MR) is 86.6 cm³/mol. The normalized spacial score (nSPS) is 25.1. The Morgan fingerprint density at radius 3 is 2.48 bits per heavy atom. The van der Waals surface area contributed by atoms with Crippen LogP contribution in [0.1, 0.15) is 13.2 Å². The van der Waals surface area contributed by atoms with Crippen molar-refractivity contribution >= 4 is 30.8 Å². The number of imidazole rings is 1. The van der Waals surface area contributed by atoms with Crippen LogP contribution in [0.2, 0.25) is 0 Å². The van der Waals surface area contributed by atoms with E-state index in [2.05, 4.69) is 19.5 Å². The second-order valence-electron chi connectivity index (χ2n) is 5.39. The monoisotopic (exact) mass is 407 g/mol. The highest BCUT2D eigenvalue weighted by atomic mass is 31.2. The first kappa shape index (κ1) is 21.1. The quantitative estimate of drug-likeness (QED) is 0.294. The third-order valence-electron chi connectivity index (χ3n) is 3.43. The van der Waals surface area contributed by atoms with Crippen molar-refractivity contribution < 1.29 is 43.7 Å². The molecule has 14 nitrogen and oxygen atoms in total. The number of nitrogens with two attached hydrogens (primary N) is 1. The average Bonchev–Trinajstić information content (AvgIpc) is 3.09. The van der Waals surface area contributed by atoms with E-state index < -0.39 is 44.9 Å². The predicted octanol–water partition coefficient (Wildman–Crippen LogP) is -2.34. The fourth-order valence-corrected chi connectivity index (χ4v) is 2.67. The molecule has 27 heavy (non-hydrogen) atoms. The largest absolute Gasteiger partial charge is 0.526 e. The summed E-state index contributed by atoms with van der Waals surface area (Å²) in [5.74, 6) is -0.770. The summed E-state index contributed by atoms with van der Waals surface area (Å²) in [6.45, 7) is 0.525. The van der Waals surface area contributed by atoms with Crippen LogP contribution in [-0.4, -0.2) is 75.5 Å². The van der Waals surface area contributed by atoms with Gasteiger partial charge in [0.15, 0.2) is 17.7 Å². The number of nitrogens with zero attached hydrogens (tertiary/aromatic N) is 4. The summed E-state index contributed by atoms with van der Waals surface area (Å²) in [6, 6.07) is 0. The van der Waals surface area contributed by atoms with E-state index in [9.17, 15) is 19.6 Å². The van der Waals surface area contributed by atoms with Crippen molar-refractivity contribution in [2.75, 3.05) is 12.3 Å². The van der Waals surface area contributed by atoms with Crippen molar-refractivity contribution in [1.82, 2.24) is 19.5 Å². The summed E-state index contributed by atoms with van der Waals surface area (Å²) in [5, 5.41) is 28.7. The molecule has 0 saturated carbocycles. The van der Waals surface area contributed by atoms with Gasteiger partial charge >= 0.3 is 13.8 Å². The van der Waals surface area contributed by atoms with E-state index >= 15 is 0 Å². The maximum Gasteiger partial charge on any atom is 0.526 e. The number of phosphoric acid groups is 1. The van der Waals surface area contributed by atoms with Gasteiger partial charge in [-0.2, -0.15) is 0 Å². The second-order valence-corrected chi connectivity index (χ2v) is 6.55. The molecule has 150 valence electrons. The minimum absolute atomic E-state index is 0.218. The molecule has 15 heteroatoms. The molecule has 0 spiro atoms. The Hall–Kier alpha value is -2.19. The third kappa shape index (κ3) is 4.95. The van der Waals surface area contributed by atoms with Crippen molar-refractivity contribution in [3.05, 3.63) is 12.7 Å². The van der Waals surface area contributed by atoms with Crippen LogP contribution in [0, 0.1) is 0 Å². The molecular weight excluding hydrogens is 389 g/mol. The standard InChI is InChI=1S/C10H13N5O4.C2H5O5P/c11-8-5-9(13-2-12-8)15(3-14-5)10-7(18)6(17)4(1-16)19-10;1-2(3)7-8(4,5)6/h2-4,6-7,10,16-18H,1H2,(H2,11,12,13);1H3,(H2,4,5,6)/t4-,6-,7-,10-;/m1./s1. The van der Waals surface area contributed by atoms with Gasteiger partial charge < -0.3 is 30.3 Å². The van der Waals surface area contributed by atoms with Crippen LogP contribution in [0.15, 0.2) is 12.7 Å². The molecule has 4 atom stereocenters. The molecule has 0 bridgehead atoms. The van der Waals surface area contributed by atoms with Gasteiger partial charge in [0, 0.05) is 6.92 Å². The van der Waals surface area contributed by atoms with Gasteiger partial charge in [0.05, 0.1) is 12.9 Å².